The summed E-state index contributed by atoms with van der Waals surface area (Å²) in [5, 5.41) is 9.15. The maximum absolute atomic E-state index is 13.2. The summed E-state index contributed by atoms with van der Waals surface area (Å²) >= 11 is 0. The van der Waals surface area contributed by atoms with Gasteiger partial charge < -0.3 is 16.0 Å². The van der Waals surface area contributed by atoms with E-state index >= 15 is 0 Å². The van der Waals surface area contributed by atoms with Gasteiger partial charge in [0.2, 0.25) is 5.91 Å². The van der Waals surface area contributed by atoms with E-state index in [1.165, 1.54) is 64.2 Å². The molecular weight excluding hydrogens is 570 g/mol. The molecule has 0 aromatic heterocycles. The zero-order valence-corrected chi connectivity index (χ0v) is 30.6. The van der Waals surface area contributed by atoms with Gasteiger partial charge in [-0.2, -0.15) is 0 Å². The predicted octanol–water partition coefficient (Wildman–Crippen LogP) is 11.0. The Hall–Kier alpha value is -2.37. The summed E-state index contributed by atoms with van der Waals surface area (Å²) in [7, 11) is 0. The average Bonchev–Trinajstić information content (AvgIpc) is 3.06. The van der Waals surface area contributed by atoms with Gasteiger partial charge in [0, 0.05) is 36.3 Å². The third-order valence-electron chi connectivity index (χ3n) is 9.44. The first-order valence-corrected chi connectivity index (χ1v) is 19.4. The molecular formula is C40H71N3O3. The van der Waals surface area contributed by atoms with Crippen LogP contribution in [-0.4, -0.2) is 30.8 Å². The molecule has 0 heterocycles. The zero-order valence-electron chi connectivity index (χ0n) is 30.6. The molecule has 3 N–H and O–H groups in total. The third kappa shape index (κ3) is 20.0. The summed E-state index contributed by atoms with van der Waals surface area (Å²) in [5.41, 5.74) is 1.33. The highest BCUT2D eigenvalue weighted by atomic mass is 16.2. The van der Waals surface area contributed by atoms with Crippen LogP contribution < -0.4 is 16.0 Å². The minimum Gasteiger partial charge on any atom is -0.352 e. The van der Waals surface area contributed by atoms with Crippen molar-refractivity contribution in [1.29, 1.82) is 0 Å². The molecule has 0 bridgehead atoms. The molecule has 264 valence electrons. The molecule has 0 saturated carbocycles. The van der Waals surface area contributed by atoms with Gasteiger partial charge >= 0.3 is 0 Å². The fourth-order valence-electron chi connectivity index (χ4n) is 6.05. The van der Waals surface area contributed by atoms with Crippen LogP contribution in [0.3, 0.4) is 0 Å². The van der Waals surface area contributed by atoms with Crippen molar-refractivity contribution in [1.82, 2.24) is 10.6 Å². The number of rotatable bonds is 29. The van der Waals surface area contributed by atoms with Crippen molar-refractivity contribution >= 4 is 23.4 Å². The van der Waals surface area contributed by atoms with Crippen LogP contribution in [0.2, 0.25) is 0 Å². The van der Waals surface area contributed by atoms with Crippen LogP contribution in [-0.2, 0) is 4.79 Å². The fraction of sp³-hybridized carbons (Fsp3) is 0.775. The van der Waals surface area contributed by atoms with E-state index < -0.39 is 0 Å². The highest BCUT2D eigenvalue weighted by Crippen LogP contribution is 2.19. The van der Waals surface area contributed by atoms with Gasteiger partial charge in [-0.25, -0.2) is 0 Å². The van der Waals surface area contributed by atoms with Gasteiger partial charge in [-0.15, -0.1) is 0 Å². The minimum atomic E-state index is -0.203. The van der Waals surface area contributed by atoms with Crippen LogP contribution in [0.25, 0.3) is 0 Å². The number of benzene rings is 1. The lowest BCUT2D eigenvalue weighted by molar-refractivity contribution is -0.116. The topological polar surface area (TPSA) is 87.3 Å². The molecule has 1 aromatic rings. The first-order chi connectivity index (χ1) is 22.4. The lowest BCUT2D eigenvalue weighted by Crippen LogP contribution is -2.31. The van der Waals surface area contributed by atoms with E-state index in [1.54, 1.807) is 18.2 Å². The van der Waals surface area contributed by atoms with Crippen LogP contribution in [0, 0.1) is 11.8 Å². The summed E-state index contributed by atoms with van der Waals surface area (Å²) < 4.78 is 0. The SMILES string of the molecule is CCCCCCCCCCCCCCCC(=O)Nc1cc(C(=O)NCC(CC)CCCC)cc(C(=O)NCC(CC)CCCC)c1. The number of nitrogens with one attached hydrogen (secondary N) is 3. The highest BCUT2D eigenvalue weighted by molar-refractivity contribution is 6.02. The van der Waals surface area contributed by atoms with Crippen molar-refractivity contribution in [3.05, 3.63) is 29.3 Å². The second-order valence-electron chi connectivity index (χ2n) is 13.6. The fourth-order valence-corrected chi connectivity index (χ4v) is 6.05. The second-order valence-corrected chi connectivity index (χ2v) is 13.6. The van der Waals surface area contributed by atoms with E-state index in [0.717, 1.165) is 70.6 Å². The number of amides is 3. The molecule has 6 heteroatoms. The molecule has 0 aliphatic carbocycles. The summed E-state index contributed by atoms with van der Waals surface area (Å²) in [5.74, 6) is 0.396. The molecule has 0 fully saturated rings. The number of hydrogen-bond acceptors (Lipinski definition) is 3. The maximum atomic E-state index is 13.2. The second kappa shape index (κ2) is 27.7. The largest absolute Gasteiger partial charge is 0.352 e. The number of unbranched alkanes of at least 4 members (excludes halogenated alkanes) is 14. The Morgan fingerprint density at radius 2 is 0.913 bits per heavy atom. The molecule has 0 aliphatic heterocycles. The maximum Gasteiger partial charge on any atom is 0.251 e. The Kier molecular flexibility index (Phi) is 25.1. The van der Waals surface area contributed by atoms with Crippen molar-refractivity contribution in [3.63, 3.8) is 0 Å². The zero-order chi connectivity index (χ0) is 33.8. The van der Waals surface area contributed by atoms with Crippen LogP contribution >= 0.6 is 0 Å². The van der Waals surface area contributed by atoms with Crippen LogP contribution in [0.1, 0.15) is 197 Å². The van der Waals surface area contributed by atoms with E-state index in [0.29, 0.717) is 48.2 Å². The van der Waals surface area contributed by atoms with Gasteiger partial charge in [0.25, 0.3) is 11.8 Å². The van der Waals surface area contributed by atoms with E-state index in [-0.39, 0.29) is 17.7 Å². The number of carbonyl (C=O) groups is 3. The predicted molar refractivity (Wildman–Crippen MR) is 197 cm³/mol. The number of carbonyl (C=O) groups excluding carboxylic acids is 3. The number of anilines is 1. The molecule has 3 amide bonds. The van der Waals surface area contributed by atoms with E-state index in [1.807, 2.05) is 0 Å². The minimum absolute atomic E-state index is 0.0665. The molecule has 0 spiro atoms. The molecule has 0 radical (unpaired) electrons. The van der Waals surface area contributed by atoms with E-state index in [9.17, 15) is 14.4 Å². The highest BCUT2D eigenvalue weighted by Gasteiger charge is 2.17. The van der Waals surface area contributed by atoms with Gasteiger partial charge in [0.05, 0.1) is 0 Å². The Morgan fingerprint density at radius 1 is 0.522 bits per heavy atom. The Balaban J connectivity index is 2.68. The van der Waals surface area contributed by atoms with Crippen molar-refractivity contribution in [2.45, 2.75) is 176 Å². The van der Waals surface area contributed by atoms with E-state index in [4.69, 9.17) is 0 Å². The molecule has 46 heavy (non-hydrogen) atoms. The molecule has 1 rings (SSSR count). The smallest absolute Gasteiger partial charge is 0.251 e. The van der Waals surface area contributed by atoms with Crippen molar-refractivity contribution in [3.8, 4) is 0 Å². The van der Waals surface area contributed by atoms with Crippen molar-refractivity contribution in [2.24, 2.45) is 11.8 Å². The Bertz CT molecular complexity index is 897. The first-order valence-electron chi connectivity index (χ1n) is 19.4. The summed E-state index contributed by atoms with van der Waals surface area (Å²) in [6.45, 7) is 12.2. The van der Waals surface area contributed by atoms with Crippen molar-refractivity contribution in [2.75, 3.05) is 18.4 Å². The molecule has 2 atom stereocenters. The van der Waals surface area contributed by atoms with Crippen molar-refractivity contribution < 1.29 is 14.4 Å². The van der Waals surface area contributed by atoms with E-state index in [2.05, 4.69) is 50.6 Å². The Morgan fingerprint density at radius 3 is 1.30 bits per heavy atom. The van der Waals surface area contributed by atoms with Gasteiger partial charge in [-0.05, 0) is 49.3 Å². The average molecular weight is 642 g/mol. The normalized spacial score (nSPS) is 12.5. The molecule has 6 nitrogen and oxygen atoms in total. The summed E-state index contributed by atoms with van der Waals surface area (Å²) in [6, 6.07) is 5.07. The van der Waals surface area contributed by atoms with Crippen LogP contribution in [0.4, 0.5) is 5.69 Å². The lowest BCUT2D eigenvalue weighted by atomic mass is 9.99. The molecule has 1 aromatic carbocycles. The molecule has 0 saturated heterocycles. The lowest BCUT2D eigenvalue weighted by Gasteiger charge is -2.17. The monoisotopic (exact) mass is 642 g/mol. The summed E-state index contributed by atoms with van der Waals surface area (Å²) in [4.78, 5) is 39.3. The summed E-state index contributed by atoms with van der Waals surface area (Å²) in [6.07, 6.45) is 25.7. The van der Waals surface area contributed by atoms with Gasteiger partial charge in [-0.3, -0.25) is 14.4 Å². The quantitative estimate of drug-likeness (QED) is 0.0761. The van der Waals surface area contributed by atoms with Gasteiger partial charge in [0.15, 0.2) is 0 Å². The molecule has 0 aliphatic rings. The first kappa shape index (κ1) is 41.7. The third-order valence-corrected chi connectivity index (χ3v) is 9.44. The Labute approximate surface area is 283 Å². The number of hydrogen-bond donors (Lipinski definition) is 3. The van der Waals surface area contributed by atoms with Crippen LogP contribution in [0.5, 0.6) is 0 Å². The molecule has 2 unspecified atom stereocenters. The van der Waals surface area contributed by atoms with Gasteiger partial charge in [-0.1, -0.05) is 150 Å². The standard InChI is InChI=1S/C40H71N3O3/c1-6-11-14-15-16-17-18-19-20-21-22-23-24-27-38(44)43-37-29-35(39(45)41-31-33(9-4)25-12-7-2)28-36(30-37)40(46)42-32-34(10-5)26-13-8-3/h28-30,33-34H,6-27,31-32H2,1-5H3,(H,41,45)(H,42,46)(H,43,44). The van der Waals surface area contributed by atoms with Crippen LogP contribution in [0.15, 0.2) is 18.2 Å². The van der Waals surface area contributed by atoms with Gasteiger partial charge in [0.1, 0.15) is 0 Å².